The number of carbonyl (C=O) groups is 1. The molecule has 1 unspecified atom stereocenters. The minimum absolute atomic E-state index is 0.139. The lowest BCUT2D eigenvalue weighted by molar-refractivity contribution is -0.143. The molecule has 0 aromatic heterocycles. The Kier molecular flexibility index (Phi) is 7.28. The maximum Gasteiger partial charge on any atom is 0.324 e. The third-order valence-corrected chi connectivity index (χ3v) is 3.32. The summed E-state index contributed by atoms with van der Waals surface area (Å²) in [5.41, 5.74) is 0. The van der Waals surface area contributed by atoms with Gasteiger partial charge < -0.3 is 15.0 Å². The summed E-state index contributed by atoms with van der Waals surface area (Å²) >= 11 is 0. The van der Waals surface area contributed by atoms with Crippen LogP contribution >= 0.6 is 0 Å². The zero-order chi connectivity index (χ0) is 13.4. The molecule has 0 aromatic rings. The molecule has 0 amide bonds. The molecule has 1 fully saturated rings. The fourth-order valence-corrected chi connectivity index (χ4v) is 2.18. The molecule has 1 N–H and O–H groups in total. The summed E-state index contributed by atoms with van der Waals surface area (Å²) in [5, 5.41) is 3.29. The molecular formula is C14H28N2O2. The van der Waals surface area contributed by atoms with Crippen molar-refractivity contribution >= 4 is 5.97 Å². The lowest BCUT2D eigenvalue weighted by Gasteiger charge is -2.26. The Hall–Kier alpha value is -0.610. The molecule has 106 valence electrons. The summed E-state index contributed by atoms with van der Waals surface area (Å²) in [6, 6.07) is -0.180. The van der Waals surface area contributed by atoms with E-state index in [4.69, 9.17) is 4.74 Å². The van der Waals surface area contributed by atoms with Crippen molar-refractivity contribution in [1.82, 2.24) is 10.2 Å². The third-order valence-electron chi connectivity index (χ3n) is 3.32. The molecule has 0 saturated heterocycles. The summed E-state index contributed by atoms with van der Waals surface area (Å²) in [6.45, 7) is 8.13. The lowest BCUT2D eigenvalue weighted by atomic mass is 10.2. The number of rotatable bonds is 10. The topological polar surface area (TPSA) is 41.6 Å². The van der Waals surface area contributed by atoms with E-state index in [2.05, 4.69) is 24.1 Å². The molecule has 0 aliphatic heterocycles. The summed E-state index contributed by atoms with van der Waals surface area (Å²) in [5.74, 6) is 0.723. The SMILES string of the molecule is CCCNC(CN(CCC)CC1CC1)C(=O)OC. The number of nitrogens with zero attached hydrogens (tertiary/aromatic N) is 1. The molecule has 1 aliphatic rings. The van der Waals surface area contributed by atoms with Crippen molar-refractivity contribution in [2.24, 2.45) is 5.92 Å². The highest BCUT2D eigenvalue weighted by atomic mass is 16.5. The van der Waals surface area contributed by atoms with Gasteiger partial charge in [0.05, 0.1) is 7.11 Å². The normalized spacial score (nSPS) is 16.9. The predicted molar refractivity (Wildman–Crippen MR) is 73.6 cm³/mol. The summed E-state index contributed by atoms with van der Waals surface area (Å²) in [7, 11) is 1.47. The maximum atomic E-state index is 11.7. The standard InChI is InChI=1S/C14H28N2O2/c1-4-8-15-13(14(17)18-3)11-16(9-5-2)10-12-6-7-12/h12-13,15H,4-11H2,1-3H3. The molecule has 0 radical (unpaired) electrons. The second kappa shape index (κ2) is 8.48. The average molecular weight is 256 g/mol. The number of carbonyl (C=O) groups excluding carboxylic acids is 1. The summed E-state index contributed by atoms with van der Waals surface area (Å²) in [6.07, 6.45) is 4.87. The predicted octanol–water partition coefficient (Wildman–Crippen LogP) is 1.65. The molecule has 4 nitrogen and oxygen atoms in total. The monoisotopic (exact) mass is 256 g/mol. The highest BCUT2D eigenvalue weighted by molar-refractivity contribution is 5.75. The van der Waals surface area contributed by atoms with Crippen LogP contribution in [0.25, 0.3) is 0 Å². The summed E-state index contributed by atoms with van der Waals surface area (Å²) < 4.78 is 4.88. The molecule has 1 aliphatic carbocycles. The van der Waals surface area contributed by atoms with Gasteiger partial charge in [-0.25, -0.2) is 0 Å². The first kappa shape index (κ1) is 15.4. The minimum Gasteiger partial charge on any atom is -0.468 e. The van der Waals surface area contributed by atoms with Crippen molar-refractivity contribution in [3.8, 4) is 0 Å². The van der Waals surface area contributed by atoms with Crippen LogP contribution in [0, 0.1) is 5.92 Å². The zero-order valence-electron chi connectivity index (χ0n) is 12.1. The van der Waals surface area contributed by atoms with Gasteiger partial charge in [0, 0.05) is 13.1 Å². The van der Waals surface area contributed by atoms with E-state index in [9.17, 15) is 4.79 Å². The Balaban J connectivity index is 2.44. The van der Waals surface area contributed by atoms with Crippen LogP contribution in [0.15, 0.2) is 0 Å². The van der Waals surface area contributed by atoms with Gasteiger partial charge in [-0.05, 0) is 44.7 Å². The third kappa shape index (κ3) is 5.83. The number of nitrogens with one attached hydrogen (secondary N) is 1. The number of hydrogen-bond donors (Lipinski definition) is 1. The molecule has 1 rings (SSSR count). The Bertz CT molecular complexity index is 242. The van der Waals surface area contributed by atoms with Crippen LogP contribution in [0.4, 0.5) is 0 Å². The van der Waals surface area contributed by atoms with Crippen LogP contribution in [0.5, 0.6) is 0 Å². The van der Waals surface area contributed by atoms with E-state index in [1.54, 1.807) is 0 Å². The quantitative estimate of drug-likeness (QED) is 0.604. The van der Waals surface area contributed by atoms with Crippen LogP contribution < -0.4 is 5.32 Å². The Morgan fingerprint density at radius 2 is 2.11 bits per heavy atom. The summed E-state index contributed by atoms with van der Waals surface area (Å²) in [4.78, 5) is 14.2. The van der Waals surface area contributed by atoms with Crippen molar-refractivity contribution < 1.29 is 9.53 Å². The van der Waals surface area contributed by atoms with Gasteiger partial charge in [0.2, 0.25) is 0 Å². The Labute approximate surface area is 111 Å². The zero-order valence-corrected chi connectivity index (χ0v) is 12.1. The molecule has 1 atom stereocenters. The second-order valence-electron chi connectivity index (χ2n) is 5.23. The molecule has 1 saturated carbocycles. The van der Waals surface area contributed by atoms with Gasteiger partial charge in [-0.1, -0.05) is 13.8 Å². The first-order valence-corrected chi connectivity index (χ1v) is 7.24. The minimum atomic E-state index is -0.180. The average Bonchev–Trinajstić information content (AvgIpc) is 3.17. The van der Waals surface area contributed by atoms with E-state index in [-0.39, 0.29) is 12.0 Å². The van der Waals surface area contributed by atoms with Crippen molar-refractivity contribution in [2.75, 3.05) is 33.3 Å². The number of ether oxygens (including phenoxy) is 1. The molecular weight excluding hydrogens is 228 g/mol. The van der Waals surface area contributed by atoms with Gasteiger partial charge in [-0.3, -0.25) is 4.79 Å². The molecule has 0 spiro atoms. The number of hydrogen-bond acceptors (Lipinski definition) is 4. The van der Waals surface area contributed by atoms with E-state index < -0.39 is 0 Å². The Morgan fingerprint density at radius 1 is 1.39 bits per heavy atom. The number of esters is 1. The highest BCUT2D eigenvalue weighted by Gasteiger charge is 2.27. The van der Waals surface area contributed by atoms with Crippen LogP contribution in [0.1, 0.15) is 39.5 Å². The van der Waals surface area contributed by atoms with Gasteiger partial charge in [-0.2, -0.15) is 0 Å². The molecule has 0 heterocycles. The highest BCUT2D eigenvalue weighted by Crippen LogP contribution is 2.29. The van der Waals surface area contributed by atoms with Gasteiger partial charge in [0.25, 0.3) is 0 Å². The van der Waals surface area contributed by atoms with Crippen molar-refractivity contribution in [3.05, 3.63) is 0 Å². The van der Waals surface area contributed by atoms with Crippen LogP contribution in [0.2, 0.25) is 0 Å². The van der Waals surface area contributed by atoms with E-state index in [0.29, 0.717) is 0 Å². The molecule has 0 aromatic carbocycles. The van der Waals surface area contributed by atoms with Crippen LogP contribution in [-0.4, -0.2) is 50.2 Å². The van der Waals surface area contributed by atoms with Gasteiger partial charge in [-0.15, -0.1) is 0 Å². The van der Waals surface area contributed by atoms with Crippen LogP contribution in [0.3, 0.4) is 0 Å². The molecule has 0 bridgehead atoms. The van der Waals surface area contributed by atoms with E-state index in [1.165, 1.54) is 20.0 Å². The van der Waals surface area contributed by atoms with Crippen molar-refractivity contribution in [1.29, 1.82) is 0 Å². The van der Waals surface area contributed by atoms with Gasteiger partial charge in [0.1, 0.15) is 6.04 Å². The van der Waals surface area contributed by atoms with Crippen molar-refractivity contribution in [2.45, 2.75) is 45.6 Å². The first-order chi connectivity index (χ1) is 8.71. The fourth-order valence-electron chi connectivity index (χ4n) is 2.18. The first-order valence-electron chi connectivity index (χ1n) is 7.24. The van der Waals surface area contributed by atoms with Gasteiger partial charge in [0.15, 0.2) is 0 Å². The largest absolute Gasteiger partial charge is 0.468 e. The van der Waals surface area contributed by atoms with E-state index in [1.807, 2.05) is 0 Å². The number of methoxy groups -OCH3 is 1. The lowest BCUT2D eigenvalue weighted by Crippen LogP contribution is -2.47. The van der Waals surface area contributed by atoms with Crippen molar-refractivity contribution in [3.63, 3.8) is 0 Å². The maximum absolute atomic E-state index is 11.7. The van der Waals surface area contributed by atoms with E-state index in [0.717, 1.165) is 44.9 Å². The Morgan fingerprint density at radius 3 is 2.61 bits per heavy atom. The van der Waals surface area contributed by atoms with Crippen LogP contribution in [-0.2, 0) is 9.53 Å². The molecule has 18 heavy (non-hydrogen) atoms. The van der Waals surface area contributed by atoms with E-state index >= 15 is 0 Å². The van der Waals surface area contributed by atoms with Gasteiger partial charge >= 0.3 is 5.97 Å². The second-order valence-corrected chi connectivity index (χ2v) is 5.23. The molecule has 4 heteroatoms. The fraction of sp³-hybridized carbons (Fsp3) is 0.929. The smallest absolute Gasteiger partial charge is 0.324 e.